The summed E-state index contributed by atoms with van der Waals surface area (Å²) in [7, 11) is 0. The standard InChI is InChI=1S/C29H29FO3/c1-17-3-13-25(30)24(15-17)19-4-6-20(7-5-19)26-14-12-21-8-11-23(16-27(21)33-26)28(22-9-10-22)18(2)29(31)32/h3-8,11,13,15-16,18,22,26,28H,9-10,12,14H2,1-2H3,(H,31,32)/t18-,26+,28-/m0/s1. The summed E-state index contributed by atoms with van der Waals surface area (Å²) >= 11 is 0. The fourth-order valence-corrected chi connectivity index (χ4v) is 5.14. The molecule has 0 unspecified atom stereocenters. The highest BCUT2D eigenvalue weighted by atomic mass is 19.1. The van der Waals surface area contributed by atoms with E-state index >= 15 is 0 Å². The maximum atomic E-state index is 14.3. The fourth-order valence-electron chi connectivity index (χ4n) is 5.14. The molecule has 170 valence electrons. The number of hydrogen-bond donors (Lipinski definition) is 1. The molecule has 0 spiro atoms. The van der Waals surface area contributed by atoms with Crippen LogP contribution in [-0.4, -0.2) is 11.1 Å². The first-order valence-corrected chi connectivity index (χ1v) is 11.8. The number of hydrogen-bond acceptors (Lipinski definition) is 2. The summed E-state index contributed by atoms with van der Waals surface area (Å²) in [4.78, 5) is 11.7. The highest BCUT2D eigenvalue weighted by molar-refractivity contribution is 5.71. The van der Waals surface area contributed by atoms with Crippen molar-refractivity contribution in [1.29, 1.82) is 0 Å². The van der Waals surface area contributed by atoms with Crippen molar-refractivity contribution in [2.75, 3.05) is 0 Å². The Morgan fingerprint density at radius 3 is 2.48 bits per heavy atom. The lowest BCUT2D eigenvalue weighted by atomic mass is 9.82. The molecule has 1 saturated carbocycles. The summed E-state index contributed by atoms with van der Waals surface area (Å²) < 4.78 is 20.7. The number of ether oxygens (including phenoxy) is 1. The SMILES string of the molecule is Cc1ccc(F)c(-c2ccc([C@H]3CCc4ccc([C@H](C5CC5)[C@H](C)C(=O)O)cc4O3)cc2)c1. The Labute approximate surface area is 194 Å². The number of fused-ring (bicyclic) bond motifs is 1. The van der Waals surface area contributed by atoms with Crippen LogP contribution in [0.3, 0.4) is 0 Å². The Morgan fingerprint density at radius 1 is 1.03 bits per heavy atom. The lowest BCUT2D eigenvalue weighted by molar-refractivity contribution is -0.142. The number of aryl methyl sites for hydroxylation is 2. The molecule has 3 aromatic rings. The molecule has 1 heterocycles. The minimum absolute atomic E-state index is 0.0280. The summed E-state index contributed by atoms with van der Waals surface area (Å²) in [5.74, 6) is -0.0354. The summed E-state index contributed by atoms with van der Waals surface area (Å²) in [5, 5.41) is 9.60. The van der Waals surface area contributed by atoms with E-state index in [0.717, 1.165) is 53.7 Å². The van der Waals surface area contributed by atoms with Gasteiger partial charge in [-0.2, -0.15) is 0 Å². The molecule has 1 N–H and O–H groups in total. The van der Waals surface area contributed by atoms with E-state index in [-0.39, 0.29) is 17.8 Å². The van der Waals surface area contributed by atoms with Crippen LogP contribution in [0.1, 0.15) is 60.5 Å². The lowest BCUT2D eigenvalue weighted by Crippen LogP contribution is -2.21. The van der Waals surface area contributed by atoms with Gasteiger partial charge in [0.25, 0.3) is 0 Å². The molecular formula is C29H29FO3. The predicted octanol–water partition coefficient (Wildman–Crippen LogP) is 7.08. The molecule has 3 nitrogen and oxygen atoms in total. The Morgan fingerprint density at radius 2 is 1.79 bits per heavy atom. The molecule has 0 saturated heterocycles. The minimum atomic E-state index is -0.742. The van der Waals surface area contributed by atoms with Gasteiger partial charge in [0.1, 0.15) is 17.7 Å². The van der Waals surface area contributed by atoms with Gasteiger partial charge >= 0.3 is 5.97 Å². The van der Waals surface area contributed by atoms with E-state index in [1.807, 2.05) is 44.2 Å². The Balaban J connectivity index is 1.38. The van der Waals surface area contributed by atoms with Crippen molar-refractivity contribution >= 4 is 5.97 Å². The van der Waals surface area contributed by atoms with Gasteiger partial charge in [0.05, 0.1) is 5.92 Å². The number of rotatable bonds is 6. The van der Waals surface area contributed by atoms with Crippen molar-refractivity contribution in [3.63, 3.8) is 0 Å². The second-order valence-electron chi connectivity index (χ2n) is 9.61. The third-order valence-corrected chi connectivity index (χ3v) is 7.19. The molecule has 1 fully saturated rings. The normalized spacial score (nSPS) is 19.3. The van der Waals surface area contributed by atoms with E-state index < -0.39 is 11.9 Å². The summed E-state index contributed by atoms with van der Waals surface area (Å²) in [6, 6.07) is 19.4. The van der Waals surface area contributed by atoms with Gasteiger partial charge in [0.15, 0.2) is 0 Å². The van der Waals surface area contributed by atoms with Crippen molar-refractivity contribution in [1.82, 2.24) is 0 Å². The third-order valence-electron chi connectivity index (χ3n) is 7.19. The van der Waals surface area contributed by atoms with Crippen molar-refractivity contribution < 1.29 is 19.0 Å². The minimum Gasteiger partial charge on any atom is -0.485 e. The van der Waals surface area contributed by atoms with E-state index in [1.54, 1.807) is 6.07 Å². The zero-order chi connectivity index (χ0) is 23.1. The molecule has 4 heteroatoms. The van der Waals surface area contributed by atoms with Crippen LogP contribution < -0.4 is 4.74 Å². The Kier molecular flexibility index (Phi) is 5.69. The molecule has 3 atom stereocenters. The molecule has 5 rings (SSSR count). The van der Waals surface area contributed by atoms with Gasteiger partial charge in [0, 0.05) is 5.56 Å². The quantitative estimate of drug-likeness (QED) is 0.442. The van der Waals surface area contributed by atoms with Gasteiger partial charge in [-0.1, -0.05) is 55.0 Å². The highest BCUT2D eigenvalue weighted by Gasteiger charge is 2.39. The van der Waals surface area contributed by atoms with Gasteiger partial charge < -0.3 is 9.84 Å². The highest BCUT2D eigenvalue weighted by Crippen LogP contribution is 2.48. The molecule has 1 aliphatic carbocycles. The first kappa shape index (κ1) is 21.7. The molecule has 3 aromatic carbocycles. The maximum Gasteiger partial charge on any atom is 0.306 e. The molecule has 33 heavy (non-hydrogen) atoms. The van der Waals surface area contributed by atoms with Gasteiger partial charge in [-0.3, -0.25) is 4.79 Å². The van der Waals surface area contributed by atoms with Crippen LogP contribution in [-0.2, 0) is 11.2 Å². The number of carbonyl (C=O) groups is 1. The van der Waals surface area contributed by atoms with Gasteiger partial charge in [-0.25, -0.2) is 4.39 Å². The van der Waals surface area contributed by atoms with Crippen molar-refractivity contribution in [3.05, 3.63) is 88.7 Å². The lowest BCUT2D eigenvalue weighted by Gasteiger charge is -2.29. The zero-order valence-electron chi connectivity index (χ0n) is 19.1. The van der Waals surface area contributed by atoms with Crippen molar-refractivity contribution in [2.24, 2.45) is 11.8 Å². The number of carboxylic acids is 1. The van der Waals surface area contributed by atoms with Gasteiger partial charge in [0.2, 0.25) is 0 Å². The van der Waals surface area contributed by atoms with E-state index in [9.17, 15) is 14.3 Å². The first-order valence-electron chi connectivity index (χ1n) is 11.8. The maximum absolute atomic E-state index is 14.3. The topological polar surface area (TPSA) is 46.5 Å². The number of carboxylic acid groups (broad SMARTS) is 1. The van der Waals surface area contributed by atoms with Crippen molar-refractivity contribution in [3.8, 4) is 16.9 Å². The van der Waals surface area contributed by atoms with Crippen LogP contribution in [0.25, 0.3) is 11.1 Å². The monoisotopic (exact) mass is 444 g/mol. The molecule has 0 amide bonds. The first-order chi connectivity index (χ1) is 15.9. The van der Waals surface area contributed by atoms with Crippen LogP contribution >= 0.6 is 0 Å². The van der Waals surface area contributed by atoms with E-state index in [1.165, 1.54) is 11.6 Å². The number of benzene rings is 3. The Hall–Kier alpha value is -3.14. The van der Waals surface area contributed by atoms with E-state index in [0.29, 0.717) is 11.5 Å². The molecule has 0 radical (unpaired) electrons. The zero-order valence-corrected chi connectivity index (χ0v) is 19.1. The smallest absolute Gasteiger partial charge is 0.306 e. The largest absolute Gasteiger partial charge is 0.485 e. The fraction of sp³-hybridized carbons (Fsp3) is 0.345. The Bertz CT molecular complexity index is 1180. The average molecular weight is 445 g/mol. The summed E-state index contributed by atoms with van der Waals surface area (Å²) in [6.07, 6.45) is 3.91. The molecular weight excluding hydrogens is 415 g/mol. The van der Waals surface area contributed by atoms with Gasteiger partial charge in [-0.05, 0) is 84.9 Å². The molecule has 0 bridgehead atoms. The van der Waals surface area contributed by atoms with Gasteiger partial charge in [-0.15, -0.1) is 0 Å². The third kappa shape index (κ3) is 4.39. The van der Waals surface area contributed by atoms with E-state index in [2.05, 4.69) is 18.2 Å². The molecule has 1 aliphatic heterocycles. The predicted molar refractivity (Wildman–Crippen MR) is 127 cm³/mol. The molecule has 2 aliphatic rings. The average Bonchev–Trinajstić information content (AvgIpc) is 3.65. The van der Waals surface area contributed by atoms with E-state index in [4.69, 9.17) is 4.74 Å². The van der Waals surface area contributed by atoms with Crippen LogP contribution in [0.15, 0.2) is 60.7 Å². The molecule has 0 aromatic heterocycles. The second kappa shape index (κ2) is 8.66. The van der Waals surface area contributed by atoms with Crippen LogP contribution in [0, 0.1) is 24.6 Å². The van der Waals surface area contributed by atoms with Crippen LogP contribution in [0.4, 0.5) is 4.39 Å². The van der Waals surface area contributed by atoms with Crippen molar-refractivity contribution in [2.45, 2.75) is 51.6 Å². The second-order valence-corrected chi connectivity index (χ2v) is 9.61. The van der Waals surface area contributed by atoms with Crippen LogP contribution in [0.2, 0.25) is 0 Å². The summed E-state index contributed by atoms with van der Waals surface area (Å²) in [5.41, 5.74) is 5.80. The summed E-state index contributed by atoms with van der Waals surface area (Å²) in [6.45, 7) is 3.77. The number of halogens is 1. The number of aliphatic carboxylic acids is 1. The van der Waals surface area contributed by atoms with Crippen LogP contribution in [0.5, 0.6) is 5.75 Å².